The van der Waals surface area contributed by atoms with E-state index in [1.807, 2.05) is 0 Å². The van der Waals surface area contributed by atoms with E-state index in [1.54, 1.807) is 17.5 Å². The Bertz CT molecular complexity index is 520. The van der Waals surface area contributed by atoms with Crippen LogP contribution in [0, 0.1) is 10.1 Å². The Morgan fingerprint density at radius 2 is 2.31 bits per heavy atom. The number of anilines is 1. The Hall–Kier alpha value is -1.80. The Morgan fingerprint density at radius 1 is 1.50 bits per heavy atom. The van der Waals surface area contributed by atoms with Crippen molar-refractivity contribution in [2.24, 2.45) is 0 Å². The molecule has 82 valence electrons. The van der Waals surface area contributed by atoms with Crippen LogP contribution in [0.4, 0.5) is 10.9 Å². The standard InChI is InChI=1S/C8H5N3O3S2/c12-7(5-2-1-3-15-5)10-8-9-6(4-16-8)11(13)14/h1-4H,(H,9,10,12). The predicted molar refractivity (Wildman–Crippen MR) is 61.0 cm³/mol. The van der Waals surface area contributed by atoms with Gasteiger partial charge in [0.1, 0.15) is 0 Å². The molecule has 0 unspecified atom stereocenters. The maximum Gasteiger partial charge on any atom is 0.376 e. The molecule has 0 fully saturated rings. The number of nitrogens with zero attached hydrogens (tertiary/aromatic N) is 2. The van der Waals surface area contributed by atoms with Gasteiger partial charge in [-0.2, -0.15) is 0 Å². The average molecular weight is 255 g/mol. The lowest BCUT2D eigenvalue weighted by Crippen LogP contribution is -2.09. The molecule has 0 aromatic carbocycles. The topological polar surface area (TPSA) is 85.1 Å². The highest BCUT2D eigenvalue weighted by molar-refractivity contribution is 7.14. The lowest BCUT2D eigenvalue weighted by Gasteiger charge is -1.93. The number of amides is 1. The molecule has 2 rings (SSSR count). The number of carbonyl (C=O) groups is 1. The molecule has 0 aliphatic heterocycles. The molecule has 6 nitrogen and oxygen atoms in total. The van der Waals surface area contributed by atoms with Crippen LogP contribution < -0.4 is 5.32 Å². The van der Waals surface area contributed by atoms with Crippen LogP contribution in [0.25, 0.3) is 0 Å². The van der Waals surface area contributed by atoms with Gasteiger partial charge < -0.3 is 10.1 Å². The fourth-order valence-corrected chi connectivity index (χ4v) is 2.25. The number of nitrogens with one attached hydrogen (secondary N) is 1. The van der Waals surface area contributed by atoms with Gasteiger partial charge in [-0.1, -0.05) is 17.4 Å². The molecular weight excluding hydrogens is 250 g/mol. The molecule has 1 N–H and O–H groups in total. The van der Waals surface area contributed by atoms with Crippen LogP contribution in [0.2, 0.25) is 0 Å². The maximum absolute atomic E-state index is 11.6. The van der Waals surface area contributed by atoms with Gasteiger partial charge >= 0.3 is 10.9 Å². The molecule has 0 radical (unpaired) electrons. The summed E-state index contributed by atoms with van der Waals surface area (Å²) in [5, 5.41) is 16.1. The molecule has 0 saturated heterocycles. The Kier molecular flexibility index (Phi) is 2.93. The van der Waals surface area contributed by atoms with E-state index in [-0.39, 0.29) is 16.9 Å². The second-order valence-corrected chi connectivity index (χ2v) is 4.51. The van der Waals surface area contributed by atoms with E-state index in [2.05, 4.69) is 10.3 Å². The minimum absolute atomic E-state index is 0.227. The second-order valence-electron chi connectivity index (χ2n) is 2.70. The molecule has 2 heterocycles. The van der Waals surface area contributed by atoms with E-state index in [0.717, 1.165) is 11.3 Å². The van der Waals surface area contributed by atoms with E-state index < -0.39 is 4.92 Å². The molecule has 0 saturated carbocycles. The number of rotatable bonds is 3. The summed E-state index contributed by atoms with van der Waals surface area (Å²) in [6.07, 6.45) is 0. The first-order chi connectivity index (χ1) is 7.66. The number of aromatic nitrogens is 1. The van der Waals surface area contributed by atoms with Gasteiger partial charge in [0.25, 0.3) is 5.91 Å². The van der Waals surface area contributed by atoms with Crippen molar-refractivity contribution in [1.29, 1.82) is 0 Å². The van der Waals surface area contributed by atoms with Gasteiger partial charge in [-0.15, -0.1) is 11.3 Å². The lowest BCUT2D eigenvalue weighted by molar-refractivity contribution is -0.389. The first kappa shape index (κ1) is 10.7. The Morgan fingerprint density at radius 3 is 2.88 bits per heavy atom. The van der Waals surface area contributed by atoms with Crippen LogP contribution in [-0.4, -0.2) is 15.8 Å². The summed E-state index contributed by atoms with van der Waals surface area (Å²) in [4.78, 5) is 25.5. The zero-order valence-electron chi connectivity index (χ0n) is 7.75. The smallest absolute Gasteiger partial charge is 0.358 e. The van der Waals surface area contributed by atoms with Crippen molar-refractivity contribution in [3.63, 3.8) is 0 Å². The zero-order chi connectivity index (χ0) is 11.5. The highest BCUT2D eigenvalue weighted by Gasteiger charge is 2.16. The van der Waals surface area contributed by atoms with Crippen molar-refractivity contribution >= 4 is 39.5 Å². The first-order valence-corrected chi connectivity index (χ1v) is 5.87. The molecule has 2 aromatic rings. The largest absolute Gasteiger partial charge is 0.376 e. The SMILES string of the molecule is O=C(Nc1nc([N+](=O)[O-])cs1)c1cccs1. The summed E-state index contributed by atoms with van der Waals surface area (Å²) in [7, 11) is 0. The van der Waals surface area contributed by atoms with Crippen molar-refractivity contribution in [2.45, 2.75) is 0 Å². The summed E-state index contributed by atoms with van der Waals surface area (Å²) < 4.78 is 0. The summed E-state index contributed by atoms with van der Waals surface area (Å²) in [5.74, 6) is -0.564. The van der Waals surface area contributed by atoms with Crippen LogP contribution in [0.5, 0.6) is 0 Å². The minimum atomic E-state index is -0.600. The van der Waals surface area contributed by atoms with Gasteiger partial charge in [-0.05, 0) is 21.4 Å². The Balaban J connectivity index is 2.09. The molecule has 0 bridgehead atoms. The zero-order valence-corrected chi connectivity index (χ0v) is 9.38. The van der Waals surface area contributed by atoms with E-state index in [9.17, 15) is 14.9 Å². The molecule has 2 aromatic heterocycles. The molecule has 0 aliphatic carbocycles. The van der Waals surface area contributed by atoms with Crippen molar-refractivity contribution in [3.8, 4) is 0 Å². The van der Waals surface area contributed by atoms with Gasteiger partial charge in [0.15, 0.2) is 0 Å². The monoisotopic (exact) mass is 255 g/mol. The Labute approximate surface area is 97.7 Å². The number of hydrogen-bond donors (Lipinski definition) is 1. The van der Waals surface area contributed by atoms with E-state index in [1.165, 1.54) is 16.7 Å². The molecular formula is C8H5N3O3S2. The van der Waals surface area contributed by atoms with Gasteiger partial charge in [-0.3, -0.25) is 10.1 Å². The van der Waals surface area contributed by atoms with Gasteiger partial charge in [0.2, 0.25) is 0 Å². The van der Waals surface area contributed by atoms with Gasteiger partial charge in [0, 0.05) is 0 Å². The molecule has 0 aliphatic rings. The molecule has 0 spiro atoms. The average Bonchev–Trinajstić information content (AvgIpc) is 2.87. The first-order valence-electron chi connectivity index (χ1n) is 4.11. The summed E-state index contributed by atoms with van der Waals surface area (Å²) in [6.45, 7) is 0. The van der Waals surface area contributed by atoms with Gasteiger partial charge in [-0.25, -0.2) is 0 Å². The number of thiophene rings is 1. The van der Waals surface area contributed by atoms with E-state index in [0.29, 0.717) is 4.88 Å². The fourth-order valence-electron chi connectivity index (χ4n) is 0.973. The maximum atomic E-state index is 11.6. The molecule has 8 heteroatoms. The number of thiazole rings is 1. The fraction of sp³-hybridized carbons (Fsp3) is 0. The quantitative estimate of drug-likeness (QED) is 0.674. The highest BCUT2D eigenvalue weighted by atomic mass is 32.1. The highest BCUT2D eigenvalue weighted by Crippen LogP contribution is 2.21. The molecule has 1 amide bonds. The molecule has 0 atom stereocenters. The number of hydrogen-bond acceptors (Lipinski definition) is 6. The van der Waals surface area contributed by atoms with Crippen molar-refractivity contribution in [1.82, 2.24) is 4.98 Å². The molecule has 16 heavy (non-hydrogen) atoms. The van der Waals surface area contributed by atoms with Gasteiger partial charge in [0.05, 0.1) is 10.3 Å². The number of carbonyl (C=O) groups excluding carboxylic acids is 1. The van der Waals surface area contributed by atoms with Crippen LogP contribution in [0.3, 0.4) is 0 Å². The minimum Gasteiger partial charge on any atom is -0.358 e. The van der Waals surface area contributed by atoms with Crippen LogP contribution >= 0.6 is 22.7 Å². The summed E-state index contributed by atoms with van der Waals surface area (Å²) in [6, 6.07) is 3.42. The summed E-state index contributed by atoms with van der Waals surface area (Å²) >= 11 is 2.32. The number of nitro groups is 1. The third-order valence-corrected chi connectivity index (χ3v) is 3.26. The van der Waals surface area contributed by atoms with Crippen molar-refractivity contribution in [3.05, 3.63) is 37.9 Å². The lowest BCUT2D eigenvalue weighted by atomic mass is 10.4. The van der Waals surface area contributed by atoms with Crippen molar-refractivity contribution in [2.75, 3.05) is 5.32 Å². The second kappa shape index (κ2) is 4.37. The van der Waals surface area contributed by atoms with E-state index >= 15 is 0 Å². The van der Waals surface area contributed by atoms with Crippen LogP contribution in [-0.2, 0) is 0 Å². The van der Waals surface area contributed by atoms with Crippen molar-refractivity contribution < 1.29 is 9.72 Å². The van der Waals surface area contributed by atoms with E-state index in [4.69, 9.17) is 0 Å². The van der Waals surface area contributed by atoms with Crippen LogP contribution in [0.1, 0.15) is 9.67 Å². The third-order valence-electron chi connectivity index (χ3n) is 1.64. The van der Waals surface area contributed by atoms with Crippen LogP contribution in [0.15, 0.2) is 22.9 Å². The predicted octanol–water partition coefficient (Wildman–Crippen LogP) is 2.37. The summed E-state index contributed by atoms with van der Waals surface area (Å²) in [5.41, 5.74) is 0. The third kappa shape index (κ3) is 2.23. The normalized spacial score (nSPS) is 10.0.